The molecule has 0 saturated carbocycles. The number of nitriles is 1. The molecule has 0 atom stereocenters. The summed E-state index contributed by atoms with van der Waals surface area (Å²) in [6, 6.07) is 9.28. The molecule has 2 N–H and O–H groups in total. The molecule has 0 radical (unpaired) electrons. The van der Waals surface area contributed by atoms with Gasteiger partial charge in [-0.3, -0.25) is 4.98 Å². The average Bonchev–Trinajstić information content (AvgIpc) is 2.41. The summed E-state index contributed by atoms with van der Waals surface area (Å²) in [7, 11) is 0. The number of rotatable bonds is 1. The normalized spacial score (nSPS) is 9.00. The van der Waals surface area contributed by atoms with Crippen LogP contribution in [0.25, 0.3) is 0 Å². The molecular weight excluding hydrogens is 360 g/mol. The molecule has 2 heterocycles. The third-order valence-electron chi connectivity index (χ3n) is 1.89. The van der Waals surface area contributed by atoms with Crippen LogP contribution in [0, 0.1) is 11.3 Å². The van der Waals surface area contributed by atoms with E-state index in [1.807, 2.05) is 18.2 Å². The number of nitrogens with two attached hydrogens (primary N) is 1. The molecule has 0 aliphatic heterocycles. The largest absolute Gasteiger partial charge is 0.325 e. The van der Waals surface area contributed by atoms with E-state index in [4.69, 9.17) is 11.0 Å². The molecule has 2 aromatic heterocycles. The Hall–Kier alpha value is -1.29. The van der Waals surface area contributed by atoms with Crippen molar-refractivity contribution in [1.29, 1.82) is 5.26 Å². The number of halogens is 2. The van der Waals surface area contributed by atoms with Crippen LogP contribution in [0.1, 0.15) is 11.4 Å². The maximum absolute atomic E-state index is 8.38. The predicted octanol–water partition coefficient (Wildman–Crippen LogP) is 3.02. The molecule has 6 heteroatoms. The second kappa shape index (κ2) is 7.93. The summed E-state index contributed by atoms with van der Waals surface area (Å²) in [5, 5.41) is 8.38. The zero-order chi connectivity index (χ0) is 13.4. The van der Waals surface area contributed by atoms with Crippen molar-refractivity contribution in [2.24, 2.45) is 5.73 Å². The Kier molecular flexibility index (Phi) is 6.50. The summed E-state index contributed by atoms with van der Waals surface area (Å²) in [4.78, 5) is 7.81. The lowest BCUT2D eigenvalue weighted by Crippen LogP contribution is -1.99. The molecule has 0 fully saturated rings. The van der Waals surface area contributed by atoms with Gasteiger partial charge in [0.15, 0.2) is 5.69 Å². The van der Waals surface area contributed by atoms with Crippen molar-refractivity contribution in [1.82, 2.24) is 9.97 Å². The monoisotopic (exact) mass is 368 g/mol. The van der Waals surface area contributed by atoms with Crippen molar-refractivity contribution in [2.45, 2.75) is 6.54 Å². The van der Waals surface area contributed by atoms with Gasteiger partial charge in [0.1, 0.15) is 6.07 Å². The van der Waals surface area contributed by atoms with E-state index < -0.39 is 0 Å². The van der Waals surface area contributed by atoms with Crippen molar-refractivity contribution < 1.29 is 0 Å². The summed E-state index contributed by atoms with van der Waals surface area (Å²) >= 11 is 6.49. The van der Waals surface area contributed by atoms with E-state index in [9.17, 15) is 0 Å². The smallest absolute Gasteiger partial charge is 0.154 e. The Bertz CT molecular complexity index is 546. The van der Waals surface area contributed by atoms with Crippen LogP contribution < -0.4 is 5.73 Å². The molecule has 0 aromatic carbocycles. The fraction of sp³-hybridized carbons (Fsp3) is 0.0833. The van der Waals surface area contributed by atoms with Gasteiger partial charge in [0.25, 0.3) is 0 Å². The molecule has 0 spiro atoms. The number of hydrogen-bond acceptors (Lipinski definition) is 4. The van der Waals surface area contributed by atoms with Crippen molar-refractivity contribution in [3.05, 3.63) is 57.0 Å². The Morgan fingerprint density at radius 2 is 1.72 bits per heavy atom. The molecule has 18 heavy (non-hydrogen) atoms. The SMILES string of the molecule is N#Cc1ncccc1Br.NCc1ncccc1Br. The Morgan fingerprint density at radius 1 is 1.11 bits per heavy atom. The van der Waals surface area contributed by atoms with E-state index in [1.165, 1.54) is 0 Å². The highest BCUT2D eigenvalue weighted by Gasteiger charge is 1.94. The van der Waals surface area contributed by atoms with Gasteiger partial charge in [0.2, 0.25) is 0 Å². The van der Waals surface area contributed by atoms with Gasteiger partial charge in [-0.1, -0.05) is 0 Å². The van der Waals surface area contributed by atoms with E-state index in [0.29, 0.717) is 12.2 Å². The first-order valence-corrected chi connectivity index (χ1v) is 6.57. The van der Waals surface area contributed by atoms with Crippen LogP contribution in [-0.4, -0.2) is 9.97 Å². The molecule has 0 aliphatic rings. The van der Waals surface area contributed by atoms with Crippen molar-refractivity contribution in [3.8, 4) is 6.07 Å². The molecule has 0 unspecified atom stereocenters. The molecule has 0 saturated heterocycles. The summed E-state index contributed by atoms with van der Waals surface area (Å²) in [6.07, 6.45) is 3.32. The van der Waals surface area contributed by atoms with Crippen molar-refractivity contribution >= 4 is 31.9 Å². The summed E-state index contributed by atoms with van der Waals surface area (Å²) in [5.41, 5.74) is 6.69. The maximum atomic E-state index is 8.38. The van der Waals surface area contributed by atoms with E-state index in [0.717, 1.165) is 14.6 Å². The zero-order valence-corrected chi connectivity index (χ0v) is 12.5. The van der Waals surface area contributed by atoms with Crippen LogP contribution in [0.15, 0.2) is 45.6 Å². The molecule has 0 amide bonds. The molecular formula is C12H10Br2N4. The second-order valence-electron chi connectivity index (χ2n) is 3.08. The van der Waals surface area contributed by atoms with Gasteiger partial charge in [0.05, 0.1) is 10.2 Å². The van der Waals surface area contributed by atoms with E-state index in [2.05, 4.69) is 41.8 Å². The van der Waals surface area contributed by atoms with Crippen LogP contribution in [-0.2, 0) is 6.54 Å². The molecule has 4 nitrogen and oxygen atoms in total. The highest BCUT2D eigenvalue weighted by Crippen LogP contribution is 2.11. The molecule has 2 rings (SSSR count). The predicted molar refractivity (Wildman–Crippen MR) is 76.5 cm³/mol. The van der Waals surface area contributed by atoms with Gasteiger partial charge in [-0.15, -0.1) is 0 Å². The third-order valence-corrected chi connectivity index (χ3v) is 3.25. The average molecular weight is 370 g/mol. The summed E-state index contributed by atoms with van der Waals surface area (Å²) in [5.74, 6) is 0. The standard InChI is InChI=1S/C6H7BrN2.C6H3BrN2/c2*7-5-2-1-3-9-6(5)4-8/h1-3H,4,8H2;1-3H. The molecule has 2 aromatic rings. The minimum Gasteiger partial charge on any atom is -0.325 e. The van der Waals surface area contributed by atoms with Crippen LogP contribution in [0.5, 0.6) is 0 Å². The van der Waals surface area contributed by atoms with Crippen LogP contribution in [0.4, 0.5) is 0 Å². The topological polar surface area (TPSA) is 75.6 Å². The number of pyridine rings is 2. The minimum absolute atomic E-state index is 0.428. The number of aromatic nitrogens is 2. The van der Waals surface area contributed by atoms with Gasteiger partial charge in [-0.05, 0) is 56.1 Å². The first kappa shape index (κ1) is 14.8. The van der Waals surface area contributed by atoms with E-state index in [-0.39, 0.29) is 0 Å². The summed E-state index contributed by atoms with van der Waals surface area (Å²) in [6.45, 7) is 0.488. The van der Waals surface area contributed by atoms with Crippen LogP contribution in [0.3, 0.4) is 0 Å². The molecule has 92 valence electrons. The lowest BCUT2D eigenvalue weighted by Gasteiger charge is -1.95. The Morgan fingerprint density at radius 3 is 2.11 bits per heavy atom. The van der Waals surface area contributed by atoms with Crippen LogP contribution >= 0.6 is 31.9 Å². The summed E-state index contributed by atoms with van der Waals surface area (Å²) < 4.78 is 1.72. The second-order valence-corrected chi connectivity index (χ2v) is 4.79. The fourth-order valence-electron chi connectivity index (χ4n) is 1.04. The highest BCUT2D eigenvalue weighted by atomic mass is 79.9. The van der Waals surface area contributed by atoms with E-state index >= 15 is 0 Å². The number of hydrogen-bond donors (Lipinski definition) is 1. The highest BCUT2D eigenvalue weighted by molar-refractivity contribution is 9.10. The van der Waals surface area contributed by atoms with Gasteiger partial charge in [-0.2, -0.15) is 5.26 Å². The quantitative estimate of drug-likeness (QED) is 0.838. The lowest BCUT2D eigenvalue weighted by molar-refractivity contribution is 0.979. The number of nitrogens with zero attached hydrogens (tertiary/aromatic N) is 3. The van der Waals surface area contributed by atoms with Gasteiger partial charge in [0, 0.05) is 23.4 Å². The third kappa shape index (κ3) is 4.53. The fourth-order valence-corrected chi connectivity index (χ4v) is 1.80. The van der Waals surface area contributed by atoms with Crippen molar-refractivity contribution in [3.63, 3.8) is 0 Å². The van der Waals surface area contributed by atoms with Gasteiger partial charge >= 0.3 is 0 Å². The van der Waals surface area contributed by atoms with E-state index in [1.54, 1.807) is 24.5 Å². The Labute approximate surface area is 122 Å². The molecule has 0 bridgehead atoms. The van der Waals surface area contributed by atoms with Crippen LogP contribution in [0.2, 0.25) is 0 Å². The Balaban J connectivity index is 0.000000180. The minimum atomic E-state index is 0.428. The first-order valence-electron chi connectivity index (χ1n) is 4.99. The van der Waals surface area contributed by atoms with Crippen molar-refractivity contribution in [2.75, 3.05) is 0 Å². The maximum Gasteiger partial charge on any atom is 0.154 e. The first-order chi connectivity index (χ1) is 8.69. The van der Waals surface area contributed by atoms with Gasteiger partial charge in [-0.25, -0.2) is 4.98 Å². The van der Waals surface area contributed by atoms with Gasteiger partial charge < -0.3 is 5.73 Å². The lowest BCUT2D eigenvalue weighted by atomic mass is 10.4. The zero-order valence-electron chi connectivity index (χ0n) is 9.35. The molecule has 0 aliphatic carbocycles.